The minimum atomic E-state index is 0.858. The smallest absolute Gasteiger partial charge is 0.0402 e. The van der Waals surface area contributed by atoms with E-state index in [0.29, 0.717) is 0 Å². The summed E-state index contributed by atoms with van der Waals surface area (Å²) in [5.74, 6) is 1.87. The highest BCUT2D eigenvalue weighted by Crippen LogP contribution is 2.35. The predicted molar refractivity (Wildman–Crippen MR) is 82.8 cm³/mol. The van der Waals surface area contributed by atoms with Crippen molar-refractivity contribution in [2.45, 2.75) is 58.8 Å². The molecule has 1 N–H and O–H groups in total. The zero-order valence-corrected chi connectivity index (χ0v) is 12.5. The van der Waals surface area contributed by atoms with Crippen molar-refractivity contribution in [1.82, 2.24) is 0 Å². The van der Waals surface area contributed by atoms with Gasteiger partial charge in [-0.1, -0.05) is 49.8 Å². The van der Waals surface area contributed by atoms with Crippen molar-refractivity contribution in [3.8, 4) is 0 Å². The Bertz CT molecular complexity index is 443. The van der Waals surface area contributed by atoms with Crippen LogP contribution in [0.15, 0.2) is 12.1 Å². The van der Waals surface area contributed by atoms with Crippen LogP contribution in [0.25, 0.3) is 0 Å². The molecule has 1 atom stereocenters. The van der Waals surface area contributed by atoms with Crippen LogP contribution in [0.4, 0.5) is 5.69 Å². The third kappa shape index (κ3) is 2.96. The van der Waals surface area contributed by atoms with Crippen molar-refractivity contribution < 1.29 is 0 Å². The van der Waals surface area contributed by atoms with Crippen molar-refractivity contribution in [3.63, 3.8) is 0 Å². The number of nitrogens with one attached hydrogen (secondary N) is 1. The topological polar surface area (TPSA) is 12.0 Å². The van der Waals surface area contributed by atoms with Gasteiger partial charge < -0.3 is 5.32 Å². The molecule has 0 radical (unpaired) electrons. The molecule has 1 aromatic carbocycles. The normalized spacial score (nSPS) is 23.8. The van der Waals surface area contributed by atoms with Crippen molar-refractivity contribution in [2.75, 3.05) is 11.9 Å². The summed E-state index contributed by atoms with van der Waals surface area (Å²) in [6.07, 6.45) is 10.1. The maximum atomic E-state index is 3.70. The first-order chi connectivity index (χ1) is 9.22. The highest BCUT2D eigenvalue weighted by atomic mass is 14.9. The van der Waals surface area contributed by atoms with Gasteiger partial charge in [0.2, 0.25) is 0 Å². The Kier molecular flexibility index (Phi) is 3.81. The fourth-order valence-electron chi connectivity index (χ4n) is 4.16. The molecule has 1 fully saturated rings. The fraction of sp³-hybridized carbons (Fsp3) is 0.667. The minimum Gasteiger partial charge on any atom is -0.384 e. The standard InChI is InChI=1S/C18H27N/c1-13-8-14(2)18-17(9-13)11-16(12-19-18)10-15-6-4-3-5-7-15/h8-9,15-16,19H,3-7,10-12H2,1-2H3. The Labute approximate surface area is 117 Å². The average Bonchev–Trinajstić information content (AvgIpc) is 2.39. The molecule has 1 aromatic rings. The van der Waals surface area contributed by atoms with E-state index in [1.165, 1.54) is 68.3 Å². The van der Waals surface area contributed by atoms with E-state index >= 15 is 0 Å². The molecule has 1 unspecified atom stereocenters. The lowest BCUT2D eigenvalue weighted by Crippen LogP contribution is -2.26. The molecular formula is C18H27N. The Morgan fingerprint density at radius 2 is 1.84 bits per heavy atom. The lowest BCUT2D eigenvalue weighted by molar-refractivity contribution is 0.289. The second-order valence-electron chi connectivity index (χ2n) is 6.81. The number of aryl methyl sites for hydroxylation is 2. The molecule has 1 heteroatoms. The van der Waals surface area contributed by atoms with Gasteiger partial charge >= 0.3 is 0 Å². The highest BCUT2D eigenvalue weighted by Gasteiger charge is 2.23. The quantitative estimate of drug-likeness (QED) is 0.798. The molecule has 1 saturated carbocycles. The zero-order valence-electron chi connectivity index (χ0n) is 12.5. The van der Waals surface area contributed by atoms with E-state index in [9.17, 15) is 0 Å². The first-order valence-electron chi connectivity index (χ1n) is 8.06. The third-order valence-corrected chi connectivity index (χ3v) is 5.03. The second-order valence-corrected chi connectivity index (χ2v) is 6.81. The van der Waals surface area contributed by atoms with Crippen LogP contribution in [0.5, 0.6) is 0 Å². The molecule has 0 spiro atoms. The molecule has 3 rings (SSSR count). The molecule has 104 valence electrons. The van der Waals surface area contributed by atoms with Gasteiger partial charge in [-0.3, -0.25) is 0 Å². The number of anilines is 1. The first-order valence-corrected chi connectivity index (χ1v) is 8.06. The predicted octanol–water partition coefficient (Wildman–Crippen LogP) is 4.86. The largest absolute Gasteiger partial charge is 0.384 e. The molecule has 0 saturated heterocycles. The Hall–Kier alpha value is -0.980. The van der Waals surface area contributed by atoms with E-state index in [1.54, 1.807) is 5.56 Å². The minimum absolute atomic E-state index is 0.858. The van der Waals surface area contributed by atoms with Gasteiger partial charge in [0, 0.05) is 12.2 Å². The van der Waals surface area contributed by atoms with Crippen molar-refractivity contribution in [1.29, 1.82) is 0 Å². The van der Waals surface area contributed by atoms with Gasteiger partial charge in [0.05, 0.1) is 0 Å². The summed E-state index contributed by atoms with van der Waals surface area (Å²) in [6.45, 7) is 5.64. The van der Waals surface area contributed by atoms with Crippen LogP contribution in [-0.4, -0.2) is 6.54 Å². The second kappa shape index (κ2) is 5.56. The lowest BCUT2D eigenvalue weighted by Gasteiger charge is -2.31. The number of fused-ring (bicyclic) bond motifs is 1. The molecular weight excluding hydrogens is 230 g/mol. The summed E-state index contributed by atoms with van der Waals surface area (Å²) in [4.78, 5) is 0. The van der Waals surface area contributed by atoms with Crippen LogP contribution < -0.4 is 5.32 Å². The molecule has 0 bridgehead atoms. The summed E-state index contributed by atoms with van der Waals surface area (Å²) < 4.78 is 0. The zero-order chi connectivity index (χ0) is 13.2. The fourth-order valence-corrected chi connectivity index (χ4v) is 4.16. The van der Waals surface area contributed by atoms with Crippen molar-refractivity contribution in [2.24, 2.45) is 11.8 Å². The number of rotatable bonds is 2. The van der Waals surface area contributed by atoms with Crippen LogP contribution in [0, 0.1) is 25.7 Å². The SMILES string of the molecule is Cc1cc(C)c2c(c1)CC(CC1CCCCC1)CN2. The van der Waals surface area contributed by atoms with Crippen LogP contribution in [-0.2, 0) is 6.42 Å². The summed E-state index contributed by atoms with van der Waals surface area (Å²) in [7, 11) is 0. The van der Waals surface area contributed by atoms with E-state index in [0.717, 1.165) is 11.8 Å². The van der Waals surface area contributed by atoms with Gasteiger partial charge in [0.15, 0.2) is 0 Å². The molecule has 0 amide bonds. The molecule has 2 aliphatic rings. The molecule has 0 aromatic heterocycles. The van der Waals surface area contributed by atoms with Gasteiger partial charge in [-0.2, -0.15) is 0 Å². The van der Waals surface area contributed by atoms with E-state index in [-0.39, 0.29) is 0 Å². The van der Waals surface area contributed by atoms with Crippen LogP contribution in [0.2, 0.25) is 0 Å². The third-order valence-electron chi connectivity index (χ3n) is 5.03. The number of hydrogen-bond acceptors (Lipinski definition) is 1. The van der Waals surface area contributed by atoms with Crippen LogP contribution in [0.1, 0.15) is 55.2 Å². The highest BCUT2D eigenvalue weighted by molar-refractivity contribution is 5.60. The van der Waals surface area contributed by atoms with Crippen molar-refractivity contribution >= 4 is 5.69 Å². The molecule has 1 heterocycles. The summed E-state index contributed by atoms with van der Waals surface area (Å²) in [5, 5.41) is 3.70. The molecule has 1 aliphatic carbocycles. The van der Waals surface area contributed by atoms with Crippen LogP contribution >= 0.6 is 0 Å². The summed E-state index contributed by atoms with van der Waals surface area (Å²) >= 11 is 0. The molecule has 1 aliphatic heterocycles. The average molecular weight is 257 g/mol. The van der Waals surface area contributed by atoms with E-state index in [4.69, 9.17) is 0 Å². The summed E-state index contributed by atoms with van der Waals surface area (Å²) in [6, 6.07) is 4.69. The molecule has 1 nitrogen and oxygen atoms in total. The molecule has 19 heavy (non-hydrogen) atoms. The Morgan fingerprint density at radius 1 is 1.05 bits per heavy atom. The van der Waals surface area contributed by atoms with Gasteiger partial charge in [-0.15, -0.1) is 0 Å². The summed E-state index contributed by atoms with van der Waals surface area (Å²) in [5.41, 5.74) is 5.82. The number of benzene rings is 1. The monoisotopic (exact) mass is 257 g/mol. The van der Waals surface area contributed by atoms with Gasteiger partial charge in [-0.25, -0.2) is 0 Å². The lowest BCUT2D eigenvalue weighted by atomic mass is 9.79. The maximum absolute atomic E-state index is 3.70. The van der Waals surface area contributed by atoms with E-state index in [1.807, 2.05) is 0 Å². The van der Waals surface area contributed by atoms with E-state index < -0.39 is 0 Å². The Morgan fingerprint density at radius 3 is 2.63 bits per heavy atom. The number of hydrogen-bond donors (Lipinski definition) is 1. The van der Waals surface area contributed by atoms with Crippen LogP contribution in [0.3, 0.4) is 0 Å². The van der Waals surface area contributed by atoms with Crippen molar-refractivity contribution in [3.05, 3.63) is 28.8 Å². The van der Waals surface area contributed by atoms with Gasteiger partial charge in [-0.05, 0) is 49.7 Å². The van der Waals surface area contributed by atoms with Gasteiger partial charge in [0.1, 0.15) is 0 Å². The Balaban J connectivity index is 1.67. The maximum Gasteiger partial charge on any atom is 0.0402 e. The van der Waals surface area contributed by atoms with Gasteiger partial charge in [0.25, 0.3) is 0 Å². The van der Waals surface area contributed by atoms with E-state index in [2.05, 4.69) is 31.3 Å². The first kappa shape index (κ1) is 13.0.